The van der Waals surface area contributed by atoms with E-state index in [1.165, 1.54) is 0 Å². The van der Waals surface area contributed by atoms with Gasteiger partial charge >= 0.3 is 0 Å². The van der Waals surface area contributed by atoms with Gasteiger partial charge in [-0.1, -0.05) is 18.2 Å². The van der Waals surface area contributed by atoms with Gasteiger partial charge in [0, 0.05) is 18.4 Å². The van der Waals surface area contributed by atoms with Gasteiger partial charge in [-0.15, -0.1) is 10.2 Å². The number of benzene rings is 1. The summed E-state index contributed by atoms with van der Waals surface area (Å²) in [5.41, 5.74) is 3.17. The molecule has 0 unspecified atom stereocenters. The molecule has 6 heteroatoms. The van der Waals surface area contributed by atoms with E-state index in [1.54, 1.807) is 6.92 Å². The predicted molar refractivity (Wildman–Crippen MR) is 67.8 cm³/mol. The summed E-state index contributed by atoms with van der Waals surface area (Å²) in [5.74, 6) is 0.688. The Kier molecular flexibility index (Phi) is 4.63. The van der Waals surface area contributed by atoms with E-state index < -0.39 is 0 Å². The standard InChI is InChI=1S/C13H15N3O3/c1-2-18-16-11(17)8-9-12-14-15-13(19-12)10-6-4-3-5-7-10/h3-7H,2,8-9H2,1H3,(H,16,17). The van der Waals surface area contributed by atoms with E-state index >= 15 is 0 Å². The lowest BCUT2D eigenvalue weighted by Gasteiger charge is -2.01. The second-order valence-electron chi connectivity index (χ2n) is 3.83. The van der Waals surface area contributed by atoms with Crippen molar-refractivity contribution >= 4 is 5.91 Å². The van der Waals surface area contributed by atoms with Gasteiger partial charge in [0.1, 0.15) is 0 Å². The molecule has 0 spiro atoms. The minimum absolute atomic E-state index is 0.207. The van der Waals surface area contributed by atoms with Crippen molar-refractivity contribution in [3.63, 3.8) is 0 Å². The highest BCUT2D eigenvalue weighted by atomic mass is 16.6. The van der Waals surface area contributed by atoms with Gasteiger partial charge in [-0.2, -0.15) is 0 Å². The van der Waals surface area contributed by atoms with E-state index in [0.29, 0.717) is 24.8 Å². The molecule has 0 aliphatic carbocycles. The zero-order valence-electron chi connectivity index (χ0n) is 10.6. The number of aromatic nitrogens is 2. The number of nitrogens with one attached hydrogen (secondary N) is 1. The summed E-state index contributed by atoms with van der Waals surface area (Å²) in [6.07, 6.45) is 0.634. The van der Waals surface area contributed by atoms with Crippen LogP contribution in [-0.4, -0.2) is 22.7 Å². The second kappa shape index (κ2) is 6.65. The Morgan fingerprint density at radius 1 is 1.32 bits per heavy atom. The molecule has 2 aromatic rings. The van der Waals surface area contributed by atoms with Crippen LogP contribution < -0.4 is 5.48 Å². The summed E-state index contributed by atoms with van der Waals surface area (Å²) >= 11 is 0. The van der Waals surface area contributed by atoms with Crippen molar-refractivity contribution in [2.24, 2.45) is 0 Å². The maximum Gasteiger partial charge on any atom is 0.247 e. The van der Waals surface area contributed by atoms with Crippen LogP contribution in [0, 0.1) is 0 Å². The quantitative estimate of drug-likeness (QED) is 0.801. The molecule has 1 aromatic carbocycles. The molecule has 6 nitrogen and oxygen atoms in total. The number of rotatable bonds is 6. The van der Waals surface area contributed by atoms with E-state index in [1.807, 2.05) is 30.3 Å². The molecular weight excluding hydrogens is 246 g/mol. The number of hydroxylamine groups is 1. The normalized spacial score (nSPS) is 10.4. The van der Waals surface area contributed by atoms with Crippen molar-refractivity contribution in [2.45, 2.75) is 19.8 Å². The Morgan fingerprint density at radius 2 is 2.11 bits per heavy atom. The van der Waals surface area contributed by atoms with Gasteiger partial charge < -0.3 is 4.42 Å². The lowest BCUT2D eigenvalue weighted by molar-refractivity contribution is -0.133. The molecule has 0 atom stereocenters. The van der Waals surface area contributed by atoms with Gasteiger partial charge in [0.2, 0.25) is 17.7 Å². The van der Waals surface area contributed by atoms with E-state index in [4.69, 9.17) is 9.25 Å². The third kappa shape index (κ3) is 3.89. The molecular formula is C13H15N3O3. The van der Waals surface area contributed by atoms with Crippen LogP contribution in [-0.2, 0) is 16.1 Å². The molecule has 1 aromatic heterocycles. The molecule has 0 fully saturated rings. The zero-order valence-corrected chi connectivity index (χ0v) is 10.6. The number of hydrogen-bond donors (Lipinski definition) is 1. The molecule has 0 radical (unpaired) electrons. The van der Waals surface area contributed by atoms with Crippen LogP contribution in [0.4, 0.5) is 0 Å². The molecule has 100 valence electrons. The molecule has 0 aliphatic rings. The first-order valence-electron chi connectivity index (χ1n) is 6.08. The Labute approximate surface area is 110 Å². The minimum atomic E-state index is -0.207. The van der Waals surface area contributed by atoms with E-state index in [9.17, 15) is 4.79 Å². The monoisotopic (exact) mass is 261 g/mol. The summed E-state index contributed by atoms with van der Waals surface area (Å²) in [5, 5.41) is 7.85. The van der Waals surface area contributed by atoms with Gasteiger partial charge in [-0.05, 0) is 19.1 Å². The fourth-order valence-electron chi connectivity index (χ4n) is 1.48. The molecule has 0 bridgehead atoms. The molecule has 0 aliphatic heterocycles. The summed E-state index contributed by atoms with van der Waals surface area (Å²) in [6, 6.07) is 9.49. The van der Waals surface area contributed by atoms with Crippen LogP contribution in [0.25, 0.3) is 11.5 Å². The Hall–Kier alpha value is -2.21. The molecule has 2 rings (SSSR count). The molecule has 0 saturated carbocycles. The van der Waals surface area contributed by atoms with Crippen molar-refractivity contribution < 1.29 is 14.0 Å². The van der Waals surface area contributed by atoms with E-state index in [2.05, 4.69) is 15.7 Å². The maximum absolute atomic E-state index is 11.3. The van der Waals surface area contributed by atoms with Crippen LogP contribution >= 0.6 is 0 Å². The average Bonchev–Trinajstić information content (AvgIpc) is 2.93. The summed E-state index contributed by atoms with van der Waals surface area (Å²) in [4.78, 5) is 16.1. The highest BCUT2D eigenvalue weighted by molar-refractivity contribution is 5.74. The summed E-state index contributed by atoms with van der Waals surface area (Å²) in [6.45, 7) is 2.23. The molecule has 19 heavy (non-hydrogen) atoms. The Balaban J connectivity index is 1.90. The molecule has 1 N–H and O–H groups in total. The molecule has 1 amide bonds. The first-order chi connectivity index (χ1) is 9.29. The van der Waals surface area contributed by atoms with Crippen molar-refractivity contribution in [3.05, 3.63) is 36.2 Å². The van der Waals surface area contributed by atoms with Crippen LogP contribution in [0.1, 0.15) is 19.2 Å². The number of aryl methyl sites for hydroxylation is 1. The van der Waals surface area contributed by atoms with Crippen molar-refractivity contribution in [2.75, 3.05) is 6.61 Å². The van der Waals surface area contributed by atoms with E-state index in [-0.39, 0.29) is 12.3 Å². The highest BCUT2D eigenvalue weighted by Gasteiger charge is 2.10. The number of carbonyl (C=O) groups is 1. The minimum Gasteiger partial charge on any atom is -0.421 e. The number of nitrogens with zero attached hydrogens (tertiary/aromatic N) is 2. The van der Waals surface area contributed by atoms with Gasteiger partial charge in [0.05, 0.1) is 6.61 Å². The van der Waals surface area contributed by atoms with Gasteiger partial charge in [0.25, 0.3) is 0 Å². The van der Waals surface area contributed by atoms with Crippen LogP contribution in [0.3, 0.4) is 0 Å². The van der Waals surface area contributed by atoms with Crippen molar-refractivity contribution in [1.82, 2.24) is 15.7 Å². The first-order valence-corrected chi connectivity index (χ1v) is 6.08. The fourth-order valence-corrected chi connectivity index (χ4v) is 1.48. The third-order valence-electron chi connectivity index (χ3n) is 2.38. The summed E-state index contributed by atoms with van der Waals surface area (Å²) in [7, 11) is 0. The molecule has 1 heterocycles. The number of carbonyl (C=O) groups excluding carboxylic acids is 1. The number of hydrogen-bond acceptors (Lipinski definition) is 5. The fraction of sp³-hybridized carbons (Fsp3) is 0.308. The van der Waals surface area contributed by atoms with E-state index in [0.717, 1.165) is 5.56 Å². The van der Waals surface area contributed by atoms with Crippen LogP contribution in [0.2, 0.25) is 0 Å². The maximum atomic E-state index is 11.3. The summed E-state index contributed by atoms with van der Waals surface area (Å²) < 4.78 is 5.48. The highest BCUT2D eigenvalue weighted by Crippen LogP contribution is 2.17. The first kappa shape index (κ1) is 13.2. The van der Waals surface area contributed by atoms with Gasteiger partial charge in [0.15, 0.2) is 0 Å². The van der Waals surface area contributed by atoms with Crippen LogP contribution in [0.15, 0.2) is 34.7 Å². The van der Waals surface area contributed by atoms with Crippen molar-refractivity contribution in [1.29, 1.82) is 0 Å². The molecule has 0 saturated heterocycles. The zero-order chi connectivity index (χ0) is 13.5. The smallest absolute Gasteiger partial charge is 0.247 e. The largest absolute Gasteiger partial charge is 0.421 e. The van der Waals surface area contributed by atoms with Gasteiger partial charge in [-0.25, -0.2) is 5.48 Å². The predicted octanol–water partition coefficient (Wildman–Crippen LogP) is 1.74. The Morgan fingerprint density at radius 3 is 2.84 bits per heavy atom. The van der Waals surface area contributed by atoms with Gasteiger partial charge in [-0.3, -0.25) is 9.63 Å². The average molecular weight is 261 g/mol. The Bertz CT molecular complexity index is 525. The lowest BCUT2D eigenvalue weighted by Crippen LogP contribution is -2.23. The third-order valence-corrected chi connectivity index (χ3v) is 2.38. The van der Waals surface area contributed by atoms with Crippen LogP contribution in [0.5, 0.6) is 0 Å². The SMILES string of the molecule is CCONC(=O)CCc1nnc(-c2ccccc2)o1. The second-order valence-corrected chi connectivity index (χ2v) is 3.83. The number of amides is 1. The lowest BCUT2D eigenvalue weighted by atomic mass is 10.2. The topological polar surface area (TPSA) is 77.2 Å². The van der Waals surface area contributed by atoms with Crippen molar-refractivity contribution in [3.8, 4) is 11.5 Å².